The van der Waals surface area contributed by atoms with E-state index in [1.165, 1.54) is 25.7 Å². The van der Waals surface area contributed by atoms with E-state index in [4.69, 9.17) is 5.73 Å². The molecule has 1 heterocycles. The molecular formula is C10H15NSe. The van der Waals surface area contributed by atoms with Gasteiger partial charge >= 0.3 is 79.3 Å². The molecule has 1 saturated heterocycles. The molecule has 0 aromatic heterocycles. The summed E-state index contributed by atoms with van der Waals surface area (Å²) >= 11 is 0.828. The third-order valence-electron chi connectivity index (χ3n) is 4.78. The fraction of sp³-hybridized carbons (Fsp3) is 1.00. The van der Waals surface area contributed by atoms with Crippen LogP contribution in [0.15, 0.2) is 0 Å². The average molecular weight is 228 g/mol. The zero-order valence-electron chi connectivity index (χ0n) is 7.25. The Morgan fingerprint density at radius 1 is 1.08 bits per heavy atom. The first-order valence-electron chi connectivity index (χ1n) is 5.21. The Balaban J connectivity index is 1.85. The van der Waals surface area contributed by atoms with E-state index in [1.54, 1.807) is 6.42 Å². The number of rotatable bonds is 0. The molecule has 66 valence electrons. The second-order valence-electron chi connectivity index (χ2n) is 5.43. The van der Waals surface area contributed by atoms with Gasteiger partial charge in [-0.2, -0.15) is 0 Å². The Morgan fingerprint density at radius 2 is 1.75 bits per heavy atom. The maximum absolute atomic E-state index is 6.50. The van der Waals surface area contributed by atoms with Crippen molar-refractivity contribution in [3.05, 3.63) is 0 Å². The van der Waals surface area contributed by atoms with E-state index in [9.17, 15) is 0 Å². The van der Waals surface area contributed by atoms with E-state index < -0.39 is 0 Å². The van der Waals surface area contributed by atoms with Gasteiger partial charge in [-0.05, 0) is 0 Å². The van der Waals surface area contributed by atoms with Crippen molar-refractivity contribution < 1.29 is 0 Å². The van der Waals surface area contributed by atoms with Gasteiger partial charge < -0.3 is 0 Å². The van der Waals surface area contributed by atoms with Gasteiger partial charge in [-0.15, -0.1) is 0 Å². The van der Waals surface area contributed by atoms with Gasteiger partial charge in [0.1, 0.15) is 0 Å². The molecule has 5 fully saturated rings. The molecule has 0 radical (unpaired) electrons. The molecule has 3 unspecified atom stereocenters. The van der Waals surface area contributed by atoms with Gasteiger partial charge in [0.25, 0.3) is 0 Å². The van der Waals surface area contributed by atoms with Crippen molar-refractivity contribution in [1.82, 2.24) is 0 Å². The Morgan fingerprint density at radius 3 is 2.33 bits per heavy atom. The van der Waals surface area contributed by atoms with Crippen molar-refractivity contribution in [3.63, 3.8) is 0 Å². The van der Waals surface area contributed by atoms with E-state index in [2.05, 4.69) is 0 Å². The third kappa shape index (κ3) is 0.547. The summed E-state index contributed by atoms with van der Waals surface area (Å²) in [4.78, 5) is 0. The first-order valence-corrected chi connectivity index (χ1v) is 6.92. The first kappa shape index (κ1) is 6.86. The quantitative estimate of drug-likeness (QED) is 0.622. The van der Waals surface area contributed by atoms with Crippen LogP contribution >= 0.6 is 0 Å². The summed E-state index contributed by atoms with van der Waals surface area (Å²) in [5.41, 5.74) is 6.50. The number of nitrogens with two attached hydrogens (primary N) is 1. The molecule has 2 N–H and O–H groups in total. The van der Waals surface area contributed by atoms with Crippen molar-refractivity contribution in [1.29, 1.82) is 0 Å². The minimum atomic E-state index is 0.410. The van der Waals surface area contributed by atoms with Crippen molar-refractivity contribution in [3.8, 4) is 0 Å². The van der Waals surface area contributed by atoms with Crippen molar-refractivity contribution in [2.75, 3.05) is 0 Å². The van der Waals surface area contributed by atoms with Crippen LogP contribution in [0.3, 0.4) is 0 Å². The van der Waals surface area contributed by atoms with Crippen molar-refractivity contribution in [2.45, 2.75) is 40.9 Å². The van der Waals surface area contributed by atoms with E-state index in [0.29, 0.717) is 4.44 Å². The summed E-state index contributed by atoms with van der Waals surface area (Å²) < 4.78 is 1.15. The van der Waals surface area contributed by atoms with E-state index in [0.717, 1.165) is 37.0 Å². The molecule has 1 aliphatic heterocycles. The van der Waals surface area contributed by atoms with Gasteiger partial charge in [0.15, 0.2) is 0 Å². The predicted octanol–water partition coefficient (Wildman–Crippen LogP) is 1.36. The number of hydrogen-bond acceptors (Lipinski definition) is 1. The van der Waals surface area contributed by atoms with Crippen molar-refractivity contribution >= 4 is 15.0 Å². The van der Waals surface area contributed by atoms with E-state index in [1.807, 2.05) is 0 Å². The predicted molar refractivity (Wildman–Crippen MR) is 48.9 cm³/mol. The van der Waals surface area contributed by atoms with Gasteiger partial charge in [0.05, 0.1) is 0 Å². The van der Waals surface area contributed by atoms with Gasteiger partial charge in [-0.3, -0.25) is 0 Å². The Bertz CT molecular complexity index is 251. The van der Waals surface area contributed by atoms with Gasteiger partial charge in [0, 0.05) is 0 Å². The minimum absolute atomic E-state index is 0.410. The van der Waals surface area contributed by atoms with Crippen LogP contribution in [-0.2, 0) is 0 Å². The molecule has 0 amide bonds. The maximum atomic E-state index is 6.50. The molecule has 0 aromatic carbocycles. The summed E-state index contributed by atoms with van der Waals surface area (Å²) in [6, 6.07) is 0. The third-order valence-corrected chi connectivity index (χ3v) is 8.81. The summed E-state index contributed by atoms with van der Waals surface area (Å²) in [6.45, 7) is 0. The molecule has 1 nitrogen and oxygen atoms in total. The Kier molecular flexibility index (Phi) is 0.955. The van der Waals surface area contributed by atoms with Crippen LogP contribution in [0.4, 0.5) is 0 Å². The van der Waals surface area contributed by atoms with E-state index >= 15 is 0 Å². The Labute approximate surface area is 79.6 Å². The van der Waals surface area contributed by atoms with Gasteiger partial charge in [-0.25, -0.2) is 0 Å². The molecule has 5 aliphatic rings. The molecule has 0 aromatic rings. The topological polar surface area (TPSA) is 26.0 Å². The van der Waals surface area contributed by atoms with Crippen LogP contribution in [0.2, 0.25) is 4.31 Å². The molecule has 2 heteroatoms. The zero-order valence-corrected chi connectivity index (χ0v) is 8.97. The van der Waals surface area contributed by atoms with Crippen LogP contribution in [0.25, 0.3) is 0 Å². The van der Waals surface area contributed by atoms with E-state index in [-0.39, 0.29) is 0 Å². The summed E-state index contributed by atoms with van der Waals surface area (Å²) in [6.07, 6.45) is 7.60. The standard InChI is InChI=1S/C10H15NSe/c11-10-8-2-6-1-7(3-8)5-9(10,4-6)12-10/h6-8H,1-5,11H2. The van der Waals surface area contributed by atoms with Crippen molar-refractivity contribution in [2.24, 2.45) is 23.5 Å². The second-order valence-corrected chi connectivity index (χ2v) is 8.92. The SMILES string of the molecule is NC12[Se]C13CC1CC(CC2C1)C3. The molecule has 12 heavy (non-hydrogen) atoms. The van der Waals surface area contributed by atoms with Crippen LogP contribution < -0.4 is 5.73 Å². The fourth-order valence-electron chi connectivity index (χ4n) is 4.42. The van der Waals surface area contributed by atoms with Gasteiger partial charge in [-0.1, -0.05) is 0 Å². The molecule has 4 bridgehead atoms. The van der Waals surface area contributed by atoms with Crippen LogP contribution in [0, 0.1) is 17.8 Å². The molecular weight excluding hydrogens is 213 g/mol. The molecule has 5 rings (SSSR count). The van der Waals surface area contributed by atoms with Crippen LogP contribution in [0.5, 0.6) is 0 Å². The summed E-state index contributed by atoms with van der Waals surface area (Å²) in [7, 11) is 0. The second kappa shape index (κ2) is 1.67. The molecule has 3 atom stereocenters. The molecule has 1 spiro atoms. The van der Waals surface area contributed by atoms with Crippen LogP contribution in [0.1, 0.15) is 32.1 Å². The zero-order chi connectivity index (χ0) is 7.97. The first-order chi connectivity index (χ1) is 5.72. The average Bonchev–Trinajstić information content (AvgIpc) is 2.55. The fourth-order valence-corrected chi connectivity index (χ4v) is 8.46. The van der Waals surface area contributed by atoms with Gasteiger partial charge in [0.2, 0.25) is 0 Å². The molecule has 4 aliphatic carbocycles. The Hall–Kier alpha value is 0.479. The summed E-state index contributed by atoms with van der Waals surface area (Å²) in [5.74, 6) is 3.16. The number of hydrogen-bond donors (Lipinski definition) is 1. The molecule has 4 saturated carbocycles. The van der Waals surface area contributed by atoms with Crippen LogP contribution in [-0.4, -0.2) is 19.4 Å². The monoisotopic (exact) mass is 229 g/mol. The normalized spacial score (nSPS) is 71.2. The summed E-state index contributed by atoms with van der Waals surface area (Å²) in [5, 5.41) is 0.